The van der Waals surface area contributed by atoms with Gasteiger partial charge in [0.15, 0.2) is 0 Å². The summed E-state index contributed by atoms with van der Waals surface area (Å²) in [6.45, 7) is 2.31. The van der Waals surface area contributed by atoms with Crippen LogP contribution in [0.2, 0.25) is 5.02 Å². The van der Waals surface area contributed by atoms with E-state index in [0.29, 0.717) is 18.1 Å². The maximum atomic E-state index is 13.3. The SMILES string of the molecule is CCOc1ccc(C(=O)Nc2ccc(Cl)cc2C(F)(F)F)cc1CSc1ccccc1. The van der Waals surface area contributed by atoms with Crippen LogP contribution in [0.5, 0.6) is 5.75 Å². The van der Waals surface area contributed by atoms with Crippen LogP contribution in [-0.4, -0.2) is 12.5 Å². The van der Waals surface area contributed by atoms with Crippen LogP contribution in [0.25, 0.3) is 0 Å². The molecule has 3 aromatic rings. The maximum absolute atomic E-state index is 13.3. The number of benzene rings is 3. The number of thioether (sulfide) groups is 1. The number of anilines is 1. The predicted octanol–water partition coefficient (Wildman–Crippen LogP) is 7.30. The Morgan fingerprint density at radius 1 is 1.06 bits per heavy atom. The van der Waals surface area contributed by atoms with Gasteiger partial charge in [0.25, 0.3) is 5.91 Å². The molecule has 1 N–H and O–H groups in total. The topological polar surface area (TPSA) is 38.3 Å². The number of hydrogen-bond donors (Lipinski definition) is 1. The number of hydrogen-bond acceptors (Lipinski definition) is 3. The van der Waals surface area contributed by atoms with E-state index in [4.69, 9.17) is 16.3 Å². The van der Waals surface area contributed by atoms with Gasteiger partial charge in [-0.05, 0) is 55.5 Å². The molecule has 0 bridgehead atoms. The zero-order valence-corrected chi connectivity index (χ0v) is 18.1. The summed E-state index contributed by atoms with van der Waals surface area (Å²) in [5.41, 5.74) is -0.346. The number of halogens is 4. The van der Waals surface area contributed by atoms with Crippen LogP contribution in [0.4, 0.5) is 18.9 Å². The lowest BCUT2D eigenvalue weighted by Gasteiger charge is -2.15. The molecule has 3 aromatic carbocycles. The molecule has 0 aliphatic rings. The minimum Gasteiger partial charge on any atom is -0.494 e. The normalized spacial score (nSPS) is 11.3. The Balaban J connectivity index is 1.85. The monoisotopic (exact) mass is 465 g/mol. The first-order valence-electron chi connectivity index (χ1n) is 9.39. The van der Waals surface area contributed by atoms with Crippen molar-refractivity contribution in [3.63, 3.8) is 0 Å². The molecule has 0 saturated heterocycles. The van der Waals surface area contributed by atoms with Gasteiger partial charge in [-0.3, -0.25) is 4.79 Å². The summed E-state index contributed by atoms with van der Waals surface area (Å²) in [6.07, 6.45) is -4.65. The van der Waals surface area contributed by atoms with Gasteiger partial charge in [0.2, 0.25) is 0 Å². The Kier molecular flexibility index (Phi) is 7.51. The summed E-state index contributed by atoms with van der Waals surface area (Å²) >= 11 is 7.27. The first kappa shape index (κ1) is 23.0. The van der Waals surface area contributed by atoms with Gasteiger partial charge in [-0.1, -0.05) is 29.8 Å². The molecule has 3 nitrogen and oxygen atoms in total. The predicted molar refractivity (Wildman–Crippen MR) is 118 cm³/mol. The fourth-order valence-electron chi connectivity index (χ4n) is 2.86. The Labute approximate surface area is 187 Å². The summed E-state index contributed by atoms with van der Waals surface area (Å²) in [5, 5.41) is 2.28. The molecule has 0 radical (unpaired) electrons. The molecule has 0 saturated carbocycles. The Morgan fingerprint density at radius 2 is 1.81 bits per heavy atom. The lowest BCUT2D eigenvalue weighted by molar-refractivity contribution is -0.136. The van der Waals surface area contributed by atoms with Crippen molar-refractivity contribution in [1.29, 1.82) is 0 Å². The van der Waals surface area contributed by atoms with Gasteiger partial charge in [-0.25, -0.2) is 0 Å². The summed E-state index contributed by atoms with van der Waals surface area (Å²) in [7, 11) is 0. The van der Waals surface area contributed by atoms with Crippen LogP contribution in [0.15, 0.2) is 71.6 Å². The number of carbonyl (C=O) groups excluding carboxylic acids is 1. The van der Waals surface area contributed by atoms with E-state index in [1.54, 1.807) is 23.9 Å². The van der Waals surface area contributed by atoms with Gasteiger partial charge >= 0.3 is 6.18 Å². The molecular weight excluding hydrogens is 447 g/mol. The number of ether oxygens (including phenoxy) is 1. The molecule has 0 heterocycles. The van der Waals surface area contributed by atoms with Crippen LogP contribution in [0.3, 0.4) is 0 Å². The summed E-state index contributed by atoms with van der Waals surface area (Å²) in [5.74, 6) is 0.515. The largest absolute Gasteiger partial charge is 0.494 e. The van der Waals surface area contributed by atoms with Crippen molar-refractivity contribution in [3.05, 3.63) is 88.4 Å². The molecular formula is C23H19ClF3NO2S. The van der Waals surface area contributed by atoms with Crippen molar-refractivity contribution in [3.8, 4) is 5.75 Å². The highest BCUT2D eigenvalue weighted by Crippen LogP contribution is 2.37. The van der Waals surface area contributed by atoms with Crippen LogP contribution >= 0.6 is 23.4 Å². The molecule has 0 aliphatic carbocycles. The molecule has 0 aromatic heterocycles. The lowest BCUT2D eigenvalue weighted by Crippen LogP contribution is -2.17. The first-order chi connectivity index (χ1) is 14.8. The highest BCUT2D eigenvalue weighted by atomic mass is 35.5. The van der Waals surface area contributed by atoms with Gasteiger partial charge in [-0.2, -0.15) is 13.2 Å². The summed E-state index contributed by atoms with van der Waals surface area (Å²) in [4.78, 5) is 13.8. The van der Waals surface area contributed by atoms with Crippen molar-refractivity contribution in [1.82, 2.24) is 0 Å². The van der Waals surface area contributed by atoms with Crippen molar-refractivity contribution in [2.45, 2.75) is 23.7 Å². The molecule has 162 valence electrons. The van der Waals surface area contributed by atoms with E-state index in [1.807, 2.05) is 37.3 Å². The molecule has 0 aliphatic heterocycles. The van der Waals surface area contributed by atoms with Crippen LogP contribution < -0.4 is 10.1 Å². The van der Waals surface area contributed by atoms with Crippen LogP contribution in [0, 0.1) is 0 Å². The van der Waals surface area contributed by atoms with Crippen LogP contribution in [-0.2, 0) is 11.9 Å². The number of amides is 1. The summed E-state index contributed by atoms with van der Waals surface area (Å²) in [6, 6.07) is 17.8. The first-order valence-corrected chi connectivity index (χ1v) is 10.8. The fraction of sp³-hybridized carbons (Fsp3) is 0.174. The Bertz CT molecular complexity index is 1060. The molecule has 31 heavy (non-hydrogen) atoms. The van der Waals surface area contributed by atoms with Gasteiger partial charge in [0.05, 0.1) is 17.9 Å². The second kappa shape index (κ2) is 10.1. The van der Waals surface area contributed by atoms with E-state index in [0.717, 1.165) is 22.6 Å². The van der Waals surface area contributed by atoms with Gasteiger partial charge in [-0.15, -0.1) is 11.8 Å². The quantitative estimate of drug-likeness (QED) is 0.372. The minimum absolute atomic E-state index is 0.0633. The second-order valence-electron chi connectivity index (χ2n) is 6.50. The molecule has 1 amide bonds. The van der Waals surface area contributed by atoms with Gasteiger partial charge < -0.3 is 10.1 Å². The Morgan fingerprint density at radius 3 is 2.48 bits per heavy atom. The van der Waals surface area contributed by atoms with Crippen molar-refractivity contribution >= 4 is 35.0 Å². The van der Waals surface area contributed by atoms with E-state index in [2.05, 4.69) is 5.32 Å². The third-order valence-corrected chi connectivity index (χ3v) is 5.59. The minimum atomic E-state index is -4.65. The van der Waals surface area contributed by atoms with Crippen molar-refractivity contribution < 1.29 is 22.7 Å². The van der Waals surface area contributed by atoms with E-state index in [-0.39, 0.29) is 16.3 Å². The third kappa shape index (κ3) is 6.18. The van der Waals surface area contributed by atoms with E-state index >= 15 is 0 Å². The van der Waals surface area contributed by atoms with E-state index < -0.39 is 17.6 Å². The number of carbonyl (C=O) groups is 1. The molecule has 3 rings (SSSR count). The average Bonchev–Trinajstić information content (AvgIpc) is 2.74. The zero-order chi connectivity index (χ0) is 22.4. The highest BCUT2D eigenvalue weighted by Gasteiger charge is 2.34. The number of alkyl halides is 3. The molecule has 0 fully saturated rings. The number of nitrogens with one attached hydrogen (secondary N) is 1. The lowest BCUT2D eigenvalue weighted by atomic mass is 10.1. The van der Waals surface area contributed by atoms with E-state index in [1.165, 1.54) is 12.1 Å². The molecule has 0 unspecified atom stereocenters. The maximum Gasteiger partial charge on any atom is 0.418 e. The standard InChI is InChI=1S/C23H19ClF3NO2S/c1-2-30-21-11-8-15(12-16(21)14-31-18-6-4-3-5-7-18)22(29)28-20-10-9-17(24)13-19(20)23(25,26)27/h3-13H,2,14H2,1H3,(H,28,29). The molecule has 0 atom stereocenters. The van der Waals surface area contributed by atoms with E-state index in [9.17, 15) is 18.0 Å². The number of rotatable bonds is 7. The van der Waals surface area contributed by atoms with Crippen molar-refractivity contribution in [2.75, 3.05) is 11.9 Å². The Hall–Kier alpha value is -2.64. The smallest absolute Gasteiger partial charge is 0.418 e. The fourth-order valence-corrected chi connectivity index (χ4v) is 3.93. The molecule has 8 heteroatoms. The molecule has 0 spiro atoms. The third-order valence-electron chi connectivity index (χ3n) is 4.30. The highest BCUT2D eigenvalue weighted by molar-refractivity contribution is 7.98. The zero-order valence-electron chi connectivity index (χ0n) is 16.5. The van der Waals surface area contributed by atoms with Crippen molar-refractivity contribution in [2.24, 2.45) is 0 Å². The average molecular weight is 466 g/mol. The second-order valence-corrected chi connectivity index (χ2v) is 7.98. The van der Waals surface area contributed by atoms with Gasteiger partial charge in [0, 0.05) is 26.8 Å². The van der Waals surface area contributed by atoms with Gasteiger partial charge in [0.1, 0.15) is 5.75 Å². The summed E-state index contributed by atoms with van der Waals surface area (Å²) < 4.78 is 45.6. The van der Waals surface area contributed by atoms with Crippen LogP contribution in [0.1, 0.15) is 28.4 Å².